The molecule has 1 aromatic heterocycles. The lowest BCUT2D eigenvalue weighted by Gasteiger charge is -2.38. The highest BCUT2D eigenvalue weighted by Crippen LogP contribution is 2.36. The van der Waals surface area contributed by atoms with Crippen LogP contribution in [0, 0.1) is 5.92 Å². The maximum absolute atomic E-state index is 3.50. The number of fused-ring (bicyclic) bond motifs is 3. The SMILES string of the molecule is CCC(C)[C@H](c1ccc2c(c1)c1ccccc1n2CC)N1CCNCC1.Cl.Cl. The predicted octanol–water partition coefficient (Wildman–Crippen LogP) is 5.65. The average Bonchev–Trinajstić information content (AvgIpc) is 3.02. The molecule has 0 radical (unpaired) electrons. The molecule has 5 heteroatoms. The molecule has 0 aliphatic carbocycles. The topological polar surface area (TPSA) is 20.2 Å². The highest BCUT2D eigenvalue weighted by Gasteiger charge is 2.27. The largest absolute Gasteiger partial charge is 0.341 e. The third kappa shape index (κ3) is 4.04. The van der Waals surface area contributed by atoms with Gasteiger partial charge in [-0.2, -0.15) is 0 Å². The lowest BCUT2D eigenvalue weighted by molar-refractivity contribution is 0.128. The molecule has 0 bridgehead atoms. The van der Waals surface area contributed by atoms with Crippen molar-refractivity contribution in [2.45, 2.75) is 39.8 Å². The fourth-order valence-electron chi connectivity index (χ4n) is 4.68. The fourth-order valence-corrected chi connectivity index (χ4v) is 4.68. The summed E-state index contributed by atoms with van der Waals surface area (Å²) in [5, 5.41) is 6.29. The number of piperazine rings is 1. The third-order valence-corrected chi connectivity index (χ3v) is 6.18. The Balaban J connectivity index is 0.00000140. The molecule has 28 heavy (non-hydrogen) atoms. The number of hydrogen-bond donors (Lipinski definition) is 1. The summed E-state index contributed by atoms with van der Waals surface area (Å²) in [5.74, 6) is 0.657. The highest BCUT2D eigenvalue weighted by molar-refractivity contribution is 6.08. The van der Waals surface area contributed by atoms with E-state index in [9.17, 15) is 0 Å². The van der Waals surface area contributed by atoms with Crippen molar-refractivity contribution in [2.24, 2.45) is 5.92 Å². The number of hydrogen-bond acceptors (Lipinski definition) is 2. The zero-order chi connectivity index (χ0) is 18.1. The first kappa shape index (κ1) is 23.0. The summed E-state index contributed by atoms with van der Waals surface area (Å²) in [6, 6.07) is 16.6. The highest BCUT2D eigenvalue weighted by atomic mass is 35.5. The molecule has 3 aromatic rings. The van der Waals surface area contributed by atoms with Gasteiger partial charge >= 0.3 is 0 Å². The predicted molar refractivity (Wildman–Crippen MR) is 126 cm³/mol. The Morgan fingerprint density at radius 2 is 1.61 bits per heavy atom. The minimum Gasteiger partial charge on any atom is -0.341 e. The molecular weight excluding hydrogens is 389 g/mol. The summed E-state index contributed by atoms with van der Waals surface area (Å²) >= 11 is 0. The summed E-state index contributed by atoms with van der Waals surface area (Å²) in [6.07, 6.45) is 1.21. The van der Waals surface area contributed by atoms with Crippen molar-refractivity contribution in [3.05, 3.63) is 48.0 Å². The molecule has 1 N–H and O–H groups in total. The third-order valence-electron chi connectivity index (χ3n) is 6.18. The lowest BCUT2D eigenvalue weighted by atomic mass is 9.89. The second kappa shape index (κ2) is 9.98. The van der Waals surface area contributed by atoms with E-state index >= 15 is 0 Å². The second-order valence-electron chi connectivity index (χ2n) is 7.65. The van der Waals surface area contributed by atoms with Crippen LogP contribution >= 0.6 is 24.8 Å². The van der Waals surface area contributed by atoms with E-state index in [4.69, 9.17) is 0 Å². The van der Waals surface area contributed by atoms with Gasteiger partial charge in [0.05, 0.1) is 0 Å². The van der Waals surface area contributed by atoms with Crippen LogP contribution < -0.4 is 5.32 Å². The van der Waals surface area contributed by atoms with Gasteiger partial charge < -0.3 is 9.88 Å². The molecule has 154 valence electrons. The summed E-state index contributed by atoms with van der Waals surface area (Å²) in [4.78, 5) is 2.69. The zero-order valence-corrected chi connectivity index (χ0v) is 18.8. The molecule has 0 amide bonds. The zero-order valence-electron chi connectivity index (χ0n) is 17.1. The molecule has 2 heterocycles. The Morgan fingerprint density at radius 1 is 0.929 bits per heavy atom. The van der Waals surface area contributed by atoms with Crippen molar-refractivity contribution < 1.29 is 0 Å². The van der Waals surface area contributed by atoms with Gasteiger partial charge in [0, 0.05) is 60.6 Å². The Kier molecular flexibility index (Phi) is 8.20. The molecular formula is C23H33Cl2N3. The van der Waals surface area contributed by atoms with Gasteiger partial charge in [-0.1, -0.05) is 44.5 Å². The molecule has 1 aliphatic rings. The molecule has 0 saturated carbocycles. The summed E-state index contributed by atoms with van der Waals surface area (Å²) < 4.78 is 2.44. The van der Waals surface area contributed by atoms with Crippen molar-refractivity contribution in [2.75, 3.05) is 26.2 Å². The fraction of sp³-hybridized carbons (Fsp3) is 0.478. The molecule has 2 aromatic carbocycles. The number of nitrogens with zero attached hydrogens (tertiary/aromatic N) is 2. The molecule has 3 nitrogen and oxygen atoms in total. The van der Waals surface area contributed by atoms with Gasteiger partial charge in [0.1, 0.15) is 0 Å². The van der Waals surface area contributed by atoms with E-state index in [1.54, 1.807) is 0 Å². The normalized spacial score (nSPS) is 17.1. The van der Waals surface area contributed by atoms with Gasteiger partial charge in [0.15, 0.2) is 0 Å². The van der Waals surface area contributed by atoms with Crippen LogP contribution in [-0.4, -0.2) is 35.6 Å². The van der Waals surface area contributed by atoms with Gasteiger partial charge in [0.2, 0.25) is 0 Å². The van der Waals surface area contributed by atoms with Crippen molar-refractivity contribution in [1.29, 1.82) is 0 Å². The minimum absolute atomic E-state index is 0. The molecule has 1 fully saturated rings. The first-order chi connectivity index (χ1) is 12.7. The average molecular weight is 422 g/mol. The van der Waals surface area contributed by atoms with Gasteiger partial charge in [0.25, 0.3) is 0 Å². The smallest absolute Gasteiger partial charge is 0.0491 e. The maximum Gasteiger partial charge on any atom is 0.0491 e. The Hall–Kier alpha value is -1.26. The van der Waals surface area contributed by atoms with Crippen LogP contribution in [0.25, 0.3) is 21.8 Å². The molecule has 1 unspecified atom stereocenters. The van der Waals surface area contributed by atoms with Crippen molar-refractivity contribution in [3.63, 3.8) is 0 Å². The summed E-state index contributed by atoms with van der Waals surface area (Å²) in [7, 11) is 0. The van der Waals surface area contributed by atoms with Crippen LogP contribution in [0.5, 0.6) is 0 Å². The van der Waals surface area contributed by atoms with E-state index in [0.717, 1.165) is 32.7 Å². The maximum atomic E-state index is 3.50. The molecule has 1 aliphatic heterocycles. The monoisotopic (exact) mass is 421 g/mol. The minimum atomic E-state index is 0. The summed E-state index contributed by atoms with van der Waals surface area (Å²) in [6.45, 7) is 12.5. The molecule has 0 spiro atoms. The number of aromatic nitrogens is 1. The van der Waals surface area contributed by atoms with Gasteiger partial charge in [-0.25, -0.2) is 0 Å². The Labute approximate surface area is 181 Å². The first-order valence-electron chi connectivity index (χ1n) is 10.2. The molecule has 4 rings (SSSR count). The lowest BCUT2D eigenvalue weighted by Crippen LogP contribution is -2.46. The number of aryl methyl sites for hydroxylation is 1. The summed E-state index contributed by atoms with van der Waals surface area (Å²) in [5.41, 5.74) is 4.19. The van der Waals surface area contributed by atoms with Gasteiger partial charge in [-0.05, 0) is 36.6 Å². The van der Waals surface area contributed by atoms with Crippen LogP contribution in [-0.2, 0) is 6.54 Å². The van der Waals surface area contributed by atoms with E-state index in [0.29, 0.717) is 12.0 Å². The standard InChI is InChI=1S/C23H31N3.2ClH/c1-4-17(3)23(25-14-12-24-13-15-25)18-10-11-22-20(16-18)19-8-6-7-9-21(19)26(22)5-2;;/h6-11,16-17,23-24H,4-5,12-15H2,1-3H3;2*1H/t17?,23-;;/m1../s1. The van der Waals surface area contributed by atoms with E-state index in [-0.39, 0.29) is 24.8 Å². The Morgan fingerprint density at radius 3 is 2.29 bits per heavy atom. The van der Waals surface area contributed by atoms with Crippen molar-refractivity contribution >= 4 is 46.6 Å². The van der Waals surface area contributed by atoms with E-state index in [1.165, 1.54) is 33.8 Å². The van der Waals surface area contributed by atoms with E-state index < -0.39 is 0 Å². The molecule has 2 atom stereocenters. The first-order valence-corrected chi connectivity index (χ1v) is 10.2. The van der Waals surface area contributed by atoms with Crippen LogP contribution in [0.1, 0.15) is 38.8 Å². The second-order valence-corrected chi connectivity index (χ2v) is 7.65. The van der Waals surface area contributed by atoms with Crippen molar-refractivity contribution in [3.8, 4) is 0 Å². The molecule has 1 saturated heterocycles. The number of benzene rings is 2. The van der Waals surface area contributed by atoms with Gasteiger partial charge in [-0.15, -0.1) is 24.8 Å². The van der Waals surface area contributed by atoms with Crippen LogP contribution in [0.15, 0.2) is 42.5 Å². The van der Waals surface area contributed by atoms with E-state index in [2.05, 4.69) is 78.0 Å². The number of para-hydroxylation sites is 1. The van der Waals surface area contributed by atoms with Crippen molar-refractivity contribution in [1.82, 2.24) is 14.8 Å². The number of rotatable bonds is 5. The Bertz CT molecular complexity index is 899. The quantitative estimate of drug-likeness (QED) is 0.573. The van der Waals surface area contributed by atoms with Crippen LogP contribution in [0.2, 0.25) is 0 Å². The van der Waals surface area contributed by atoms with Gasteiger partial charge in [-0.3, -0.25) is 4.90 Å². The van der Waals surface area contributed by atoms with Crippen LogP contribution in [0.4, 0.5) is 0 Å². The number of nitrogens with one attached hydrogen (secondary N) is 1. The number of halogens is 2. The van der Waals surface area contributed by atoms with E-state index in [1.807, 2.05) is 0 Å². The van der Waals surface area contributed by atoms with Crippen LogP contribution in [0.3, 0.4) is 0 Å².